The highest BCUT2D eigenvalue weighted by Crippen LogP contribution is 2.54. The summed E-state index contributed by atoms with van der Waals surface area (Å²) in [4.78, 5) is 139. The lowest BCUT2D eigenvalue weighted by Gasteiger charge is -2.48. The van der Waals surface area contributed by atoms with Gasteiger partial charge in [0.05, 0.1) is 64.8 Å². The zero-order valence-electron chi connectivity index (χ0n) is 79.6. The maximum Gasteiger partial charge on any atom is 0.246 e. The van der Waals surface area contributed by atoms with Crippen molar-refractivity contribution < 1.29 is 132 Å². The van der Waals surface area contributed by atoms with Crippen molar-refractivity contribution >= 4 is 98.7 Å². The summed E-state index contributed by atoms with van der Waals surface area (Å²) < 4.78 is 53.8. The minimum Gasteiger partial charge on any atom is -0.508 e. The van der Waals surface area contributed by atoms with Crippen LogP contribution < -0.4 is 73.9 Å². The number of primary amides is 1. The van der Waals surface area contributed by atoms with Crippen molar-refractivity contribution in [2.45, 2.75) is 252 Å². The predicted molar refractivity (Wildman–Crippen MR) is 524 cm³/mol. The van der Waals surface area contributed by atoms with Gasteiger partial charge in [0.1, 0.15) is 71.9 Å². The van der Waals surface area contributed by atoms with E-state index < -0.39 is 268 Å². The van der Waals surface area contributed by atoms with Gasteiger partial charge in [0, 0.05) is 91.4 Å². The van der Waals surface area contributed by atoms with E-state index in [1.807, 2.05) is 36.4 Å². The second-order valence-electron chi connectivity index (χ2n) is 38.1. The lowest BCUT2D eigenvalue weighted by atomic mass is 9.84. The molecule has 0 radical (unpaired) electrons. The normalized spacial score (nSPS) is 28.4. The van der Waals surface area contributed by atoms with Gasteiger partial charge in [0.2, 0.25) is 58.4 Å². The average Bonchev–Trinajstić information content (AvgIpc) is 1.56. The van der Waals surface area contributed by atoms with Crippen LogP contribution in [-0.4, -0.2) is 252 Å². The van der Waals surface area contributed by atoms with Gasteiger partial charge in [-0.3, -0.25) is 43.2 Å². The number of Topliss-reactive ketones (excluding diaryl/α,β-unsaturated/α-hetero) is 2. The number of thioether (sulfide) groups is 1. The highest BCUT2D eigenvalue weighted by Gasteiger charge is 2.54. The molecule has 1 unspecified atom stereocenters. The summed E-state index contributed by atoms with van der Waals surface area (Å²) in [6.07, 6.45) is -22.9. The van der Waals surface area contributed by atoms with Gasteiger partial charge < -0.3 is 149 Å². The van der Waals surface area contributed by atoms with Gasteiger partial charge in [-0.15, -0.1) is 0 Å². The third-order valence-electron chi connectivity index (χ3n) is 27.1. The molecule has 38 nitrogen and oxygen atoms in total. The number of nitrogens with two attached hydrogens (primary N) is 3. The van der Waals surface area contributed by atoms with E-state index in [4.69, 9.17) is 89.9 Å². The Morgan fingerprint density at radius 2 is 1.29 bits per heavy atom. The number of halogens is 3. The molecule has 3 saturated heterocycles. The van der Waals surface area contributed by atoms with Crippen LogP contribution in [0.5, 0.6) is 34.5 Å². The number of ketones is 2. The molecule has 7 aromatic rings. The van der Waals surface area contributed by atoms with Crippen molar-refractivity contribution in [3.63, 3.8) is 0 Å². The number of unbranched alkanes of at least 4 members (excludes halogenated alkanes) is 2. The van der Waals surface area contributed by atoms with Crippen molar-refractivity contribution in [1.29, 1.82) is 0 Å². The zero-order chi connectivity index (χ0) is 103. The fraction of sp³-hybridized carbons (Fsp3) is 0.495. The Hall–Kier alpha value is -9.97. The Kier molecular flexibility index (Phi) is 35.9. The Balaban J connectivity index is 0.929. The number of rotatable bonds is 33. The summed E-state index contributed by atoms with van der Waals surface area (Å²) in [6.45, 7) is 12.1. The molecule has 772 valence electrons. The average molecular weight is 2060 g/mol. The molecular weight excluding hydrogens is 1940 g/mol. The third-order valence-corrected chi connectivity index (χ3v) is 28.9. The lowest BCUT2D eigenvalue weighted by Crippen LogP contribution is -2.65. The summed E-state index contributed by atoms with van der Waals surface area (Å²) in [5, 5.41) is 142. The first-order valence-corrected chi connectivity index (χ1v) is 49.9. The molecule has 143 heavy (non-hydrogen) atoms. The minimum atomic E-state index is -3.06. The van der Waals surface area contributed by atoms with Crippen LogP contribution in [0.4, 0.5) is 0 Å². The van der Waals surface area contributed by atoms with Crippen LogP contribution in [0.2, 0.25) is 15.1 Å². The Labute approximate surface area is 844 Å². The Bertz CT molecular complexity index is 5800. The number of phenolic OH excluding ortho intramolecular Hbond substituents is 1. The molecule has 6 amide bonds. The Morgan fingerprint density at radius 3 is 1.92 bits per heavy atom. The highest BCUT2D eigenvalue weighted by atomic mass is 35.5. The van der Waals surface area contributed by atoms with Crippen LogP contribution in [0.15, 0.2) is 127 Å². The van der Waals surface area contributed by atoms with Crippen LogP contribution in [0.1, 0.15) is 187 Å². The van der Waals surface area contributed by atoms with Crippen LogP contribution in [0.3, 0.4) is 0 Å². The summed E-state index contributed by atoms with van der Waals surface area (Å²) >= 11 is 21.6. The number of aliphatic hydroxyl groups is 9. The molecule has 42 heteroatoms. The van der Waals surface area contributed by atoms with Gasteiger partial charge in [0.25, 0.3) is 0 Å². The molecule has 9 aliphatic rings. The molecule has 1 aliphatic carbocycles. The van der Waals surface area contributed by atoms with Crippen LogP contribution in [0.25, 0.3) is 22.3 Å². The van der Waals surface area contributed by atoms with E-state index in [2.05, 4.69) is 42.5 Å². The number of fused-ring (bicyclic) bond motifs is 12. The lowest BCUT2D eigenvalue weighted by molar-refractivity contribution is -0.334. The molecule has 3 fully saturated rings. The number of aromatic hydroxyl groups is 1. The zero-order valence-corrected chi connectivity index (χ0v) is 82.7. The van der Waals surface area contributed by atoms with Crippen LogP contribution >= 0.6 is 46.6 Å². The number of hydrogen-bond donors (Lipinski definition) is 21. The summed E-state index contributed by atoms with van der Waals surface area (Å²) in [5.74, 6) is -20.5. The number of carbonyl (C=O) groups excluding carboxylic acids is 9. The first-order chi connectivity index (χ1) is 68.0. The Morgan fingerprint density at radius 1 is 0.657 bits per heavy atom. The van der Waals surface area contributed by atoms with Gasteiger partial charge in [-0.25, -0.2) is 0 Å². The van der Waals surface area contributed by atoms with Crippen LogP contribution in [-0.2, 0) is 79.2 Å². The monoisotopic (exact) mass is 2060 g/mol. The number of hydrogen-bond acceptors (Lipinski definition) is 33. The topological polar surface area (TPSA) is 604 Å². The predicted octanol–water partition coefficient (Wildman–Crippen LogP) is 5.71. The highest BCUT2D eigenvalue weighted by molar-refractivity contribution is 8.14. The van der Waals surface area contributed by atoms with E-state index in [1.54, 1.807) is 32.9 Å². The molecule has 7 aromatic carbocycles. The second kappa shape index (κ2) is 47.3. The fourth-order valence-electron chi connectivity index (χ4n) is 19.2. The minimum absolute atomic E-state index is 0.113. The summed E-state index contributed by atoms with van der Waals surface area (Å²) in [6, 6.07) is 22.0. The van der Waals surface area contributed by atoms with Gasteiger partial charge in [0.15, 0.2) is 41.7 Å². The number of benzene rings is 7. The van der Waals surface area contributed by atoms with E-state index in [0.29, 0.717) is 36.3 Å². The molecular formula is C101H124Cl3N11O27S. The van der Waals surface area contributed by atoms with Crippen molar-refractivity contribution in [3.8, 4) is 56.8 Å². The van der Waals surface area contributed by atoms with Crippen molar-refractivity contribution in [1.82, 2.24) is 42.5 Å². The van der Waals surface area contributed by atoms with Gasteiger partial charge in [-0.1, -0.05) is 121 Å². The van der Waals surface area contributed by atoms with Gasteiger partial charge >= 0.3 is 0 Å². The van der Waals surface area contributed by atoms with Gasteiger partial charge in [-0.2, -0.15) is 0 Å². The van der Waals surface area contributed by atoms with Crippen LogP contribution in [0, 0.1) is 11.8 Å². The smallest absolute Gasteiger partial charge is 0.246 e. The largest absolute Gasteiger partial charge is 0.508 e. The second-order valence-corrected chi connectivity index (χ2v) is 40.3. The van der Waals surface area contributed by atoms with E-state index in [9.17, 15) is 65.4 Å². The van der Waals surface area contributed by atoms with E-state index in [-0.39, 0.29) is 94.2 Å². The van der Waals surface area contributed by atoms with E-state index in [1.165, 1.54) is 75.4 Å². The molecule has 8 heterocycles. The van der Waals surface area contributed by atoms with Crippen molar-refractivity contribution in [2.75, 3.05) is 51.6 Å². The maximum atomic E-state index is 17.0. The first kappa shape index (κ1) is 109. The molecule has 16 rings (SSSR count). The number of aliphatic hydroxyl groups excluding tert-OH is 7. The molecule has 0 aromatic heterocycles. The summed E-state index contributed by atoms with van der Waals surface area (Å²) in [5.41, 5.74) is 16.0. The molecule has 24 N–H and O–H groups in total. The molecule has 0 saturated carbocycles. The van der Waals surface area contributed by atoms with Crippen molar-refractivity contribution in [3.05, 3.63) is 187 Å². The van der Waals surface area contributed by atoms with Gasteiger partial charge in [-0.05, 0) is 209 Å². The number of amides is 6. The molecule has 11 bridgehead atoms. The third kappa shape index (κ3) is 25.5. The number of ether oxygens (including phenoxy) is 8. The molecule has 8 aliphatic heterocycles. The number of phenols is 1. The molecule has 23 atom stereocenters. The molecule has 0 spiro atoms. The van der Waals surface area contributed by atoms with Crippen molar-refractivity contribution in [2.24, 2.45) is 29.0 Å². The van der Waals surface area contributed by atoms with E-state index in [0.717, 1.165) is 79.9 Å². The number of carbonyl (C=O) groups is 9. The quantitative estimate of drug-likeness (QED) is 0.0173. The fourth-order valence-corrected chi connectivity index (χ4v) is 20.5. The maximum absolute atomic E-state index is 17.0. The number of nitrogens with one attached hydrogen (secondary N) is 8. The SMILES string of the molecule is CC[C@H](CC(C)O)C(=O)N[C@H]1C(=O)C[C@@H](CC(N)=O)C(=O)N[C@H]2C(=O)C[C@H]3C(=O)N[C@H](C(=O)N[C@H](C(=O)SCC(=O)NCCCNCCCCCNCCN)c4cc(O)cc5c4-c4cc3ccc4C5(O)O)[C@H](O[C@H]3C[C@](C)(N)[C@@H](O)[C@H](C)O3)c3ccc(c(Cl)c3)Oc3cc2cc(c3O[C@@H]2O[C@H](CO)[C@@H](O)[C@H](O)[C@H]2O[C@H]2C[C@](C)(NCc3ccc(-c4ccc(Cl)cc4)cc3)[C@@H](O)[C@H](C)O2)Oc2ccc(cc2Cl)[C@H]1O. The standard InChI is InChI=1S/C101H124Cl3N11O27S/c1-7-52(32-48(2)117)93(128)114-83-69(119)36-59(39-76(106)121)94(129)112-81-58-37-73(137-71-24-19-56(85(83)123)34-67(71)103)89(142-98-90(87(125)86(124)75(46-116)139-98)141-79-44-100(6,92(127)50(4)136-79)111-45-51-12-14-53(15-13-51)54-16-21-60(102)22-17-54)74(38-58)138-72-25-20-57(35-68(72)104)88(140-78-43-99(5,107)91(126)49(3)135-78)84-96(131)113-82(97(132)143-47-77(122)110-30-11-29-108-27-9-8-10-28-109-31-26-105)64-40-61(118)41-66-80(64)63-33-55(18-23-65(63)101(66,133)134)62(42-70(81)120)95(130)115-84/h12-25,33-35,37-38,40-41,48-50,52,59,62,75,78-79,81-88,90-92,98,108-109,111,116-118,123-127,133-134H,7-11,26-32,36,39,42-47,105,107H2,1-6H3,(H2,106,121)(H,110,122)(H,112,129)(H,113,131)(H,114,128)(H,115,130)/t48?,49-,50-,52+,59-,62+,75+,78-,79-,81+,82-,83-,84-,85+,86+,87-,88+,90+,91-,92-,98-,99-,100-/m0/s1. The van der Waals surface area contributed by atoms with E-state index >= 15 is 28.8 Å². The summed E-state index contributed by atoms with van der Waals surface area (Å²) in [7, 11) is 0. The first-order valence-electron chi connectivity index (χ1n) is 47.8.